The van der Waals surface area contributed by atoms with Crippen LogP contribution in [0.15, 0.2) is 42.5 Å². The number of aliphatic hydroxyl groups is 8. The Hall–Kier alpha value is -6.31. The van der Waals surface area contributed by atoms with Crippen LogP contribution in [0.3, 0.4) is 0 Å². The number of hydrogen-bond acceptors (Lipinski definition) is 25. The van der Waals surface area contributed by atoms with Gasteiger partial charge >= 0.3 is 10.4 Å². The number of nitrogens with one attached hydrogen (secondary N) is 6. The predicted molar refractivity (Wildman–Crippen MR) is 354 cm³/mol. The molecule has 1 aromatic heterocycles. The van der Waals surface area contributed by atoms with E-state index in [-0.39, 0.29) is 37.0 Å². The van der Waals surface area contributed by atoms with E-state index < -0.39 is 194 Å². The number of ether oxygens (including phenoxy) is 1. The fraction of sp³-hybridized carbons (Fsp3) is 0.692. The van der Waals surface area contributed by atoms with E-state index in [0.29, 0.717) is 24.9 Å². The van der Waals surface area contributed by atoms with Gasteiger partial charge in [-0.15, -0.1) is 10.2 Å². The van der Waals surface area contributed by atoms with Crippen LogP contribution in [0.4, 0.5) is 5.69 Å². The van der Waals surface area contributed by atoms with Gasteiger partial charge in [0.25, 0.3) is 0 Å². The van der Waals surface area contributed by atoms with Crippen molar-refractivity contribution in [2.75, 3.05) is 70.5 Å². The molecule has 9 rings (SSSR count). The van der Waals surface area contributed by atoms with Crippen molar-refractivity contribution in [3.63, 3.8) is 0 Å². The van der Waals surface area contributed by atoms with Crippen molar-refractivity contribution >= 4 is 62.9 Å². The molecular weight excluding hydrogens is 1320 g/mol. The smallest absolute Gasteiger partial charge is 0.446 e. The van der Waals surface area contributed by atoms with Crippen molar-refractivity contribution < 1.29 is 96.6 Å². The van der Waals surface area contributed by atoms with E-state index in [1.54, 1.807) is 11.3 Å². The van der Waals surface area contributed by atoms with Crippen LogP contribution in [0.2, 0.25) is 0 Å². The van der Waals surface area contributed by atoms with Crippen molar-refractivity contribution in [3.05, 3.63) is 53.0 Å². The lowest BCUT2D eigenvalue weighted by atomic mass is 9.82. The number of rotatable bonds is 22. The van der Waals surface area contributed by atoms with Crippen LogP contribution in [-0.2, 0) is 50.3 Å². The topological polar surface area (TPSA) is 465 Å². The standard InChI is InChI=1S/C65H97N11O20S2/c1-35-30-76-56(57(35)85)61(89)68-29-44(80)26-47(67-28-37-8-11-40(12-9-37)62-72-73-63(97-62)41-13-15-43(16-14-41)74-22-19-46(20-23-74)95-34-38-6-4-3-5-7-38)58(86)69-53(36(2)79)64(90)75-31-45(81)27-48(75)59(87)70-54(51(84)24-39-10-17-49(82)52(25-39)96-98(92,93)94)60(88)71-55(65(76)91)50(83)18-21-66-42(32-77)33-78/h10,13-17,25,35-38,40,42,44-48,50-51,53-57,66-67,77-85H,3-9,11-12,18-24,26-34H2,1-2H3,(H,68,89)(H,69,86)(H,70,87)(H,71,88)(H,92,93,94)/t35-,36+,37-,40-,44+,45+,47-,48-,50+,51+,53-,54-,55-,56-,57-/m0/s1. The highest BCUT2D eigenvalue weighted by molar-refractivity contribution is 7.81. The molecule has 5 heterocycles. The summed E-state index contributed by atoms with van der Waals surface area (Å²) >= 11 is 1.55. The first kappa shape index (κ1) is 75.9. The number of anilines is 1. The second-order valence-corrected chi connectivity index (χ2v) is 29.3. The molecule has 4 aliphatic heterocycles. The predicted octanol–water partition coefficient (Wildman–Crippen LogP) is -1.93. The van der Waals surface area contributed by atoms with E-state index in [9.17, 15) is 87.7 Å². The van der Waals surface area contributed by atoms with Gasteiger partial charge in [0, 0.05) is 75.3 Å². The fourth-order valence-electron chi connectivity index (χ4n) is 14.1. The molecule has 544 valence electrons. The SMILES string of the molecule is C[C@@H](O)[C@@H]1NC(=O)[C@@H](NC[C@H]2CC[C@H](c3nnc(-c4ccc(N5CCC(OCC6CCCCC6)CC5)cc4)s3)CC2)C[C@@H](O)CNC(=O)[C@@H]2[C@@H](O)[C@@H](C)CN2C(=O)[C@H]([C@H](O)CCNC(CO)CO)NC(=O)[C@H]([C@H](O)Cc2ccc(O)c(OS(=O)(=O)O)c2)NC(=O)[C@@H]2C[C@@H](O)CN2C1=O. The molecule has 0 radical (unpaired) electrons. The Kier molecular flexibility index (Phi) is 27.0. The Morgan fingerprint density at radius 3 is 2.08 bits per heavy atom. The second-order valence-electron chi connectivity index (χ2n) is 27.3. The van der Waals surface area contributed by atoms with Crippen LogP contribution in [0.1, 0.15) is 120 Å². The number of aliphatic hydroxyl groups excluding tert-OH is 8. The molecule has 3 aromatic rings. The summed E-state index contributed by atoms with van der Waals surface area (Å²) in [4.78, 5) is 92.4. The first-order valence-electron chi connectivity index (χ1n) is 34.1. The van der Waals surface area contributed by atoms with Crippen molar-refractivity contribution in [1.82, 2.24) is 51.9 Å². The molecular formula is C65H97N11O20S2. The molecule has 0 bridgehead atoms. The van der Waals surface area contributed by atoms with E-state index in [4.69, 9.17) is 4.74 Å². The van der Waals surface area contributed by atoms with Crippen LogP contribution < -0.4 is 41.0 Å². The van der Waals surface area contributed by atoms with Gasteiger partial charge in [0.2, 0.25) is 35.4 Å². The van der Waals surface area contributed by atoms with E-state index in [0.717, 1.165) is 94.6 Å². The molecule has 2 saturated carbocycles. The molecule has 4 saturated heterocycles. The summed E-state index contributed by atoms with van der Waals surface area (Å²) in [7, 11) is -5.22. The van der Waals surface area contributed by atoms with Crippen LogP contribution in [0.5, 0.6) is 11.5 Å². The Labute approximate surface area is 573 Å². The average molecular weight is 1420 g/mol. The van der Waals surface area contributed by atoms with Crippen molar-refractivity contribution in [2.24, 2.45) is 17.8 Å². The number of hydrogen-bond donors (Lipinski definition) is 16. The zero-order valence-electron chi connectivity index (χ0n) is 55.2. The summed E-state index contributed by atoms with van der Waals surface area (Å²) in [5, 5.41) is 126. The number of nitrogens with zero attached hydrogens (tertiary/aromatic N) is 5. The maximum absolute atomic E-state index is 15.0. The van der Waals surface area contributed by atoms with Crippen LogP contribution in [0.25, 0.3) is 10.6 Å². The van der Waals surface area contributed by atoms with Gasteiger partial charge in [-0.2, -0.15) is 8.42 Å². The molecule has 16 N–H and O–H groups in total. The lowest BCUT2D eigenvalue weighted by Gasteiger charge is -2.34. The average Bonchev–Trinajstić information content (AvgIpc) is 1.62. The zero-order valence-corrected chi connectivity index (χ0v) is 56.9. The Bertz CT molecular complexity index is 3280. The van der Waals surface area contributed by atoms with Crippen LogP contribution in [-0.4, -0.2) is 265 Å². The van der Waals surface area contributed by atoms with Crippen LogP contribution >= 0.6 is 11.3 Å². The van der Waals surface area contributed by atoms with Gasteiger partial charge in [0.05, 0.1) is 68.0 Å². The number of benzene rings is 2. The number of carbonyl (C=O) groups excluding carboxylic acids is 6. The molecule has 31 nitrogen and oxygen atoms in total. The maximum Gasteiger partial charge on any atom is 0.446 e. The summed E-state index contributed by atoms with van der Waals surface area (Å²) in [6, 6.07) is -0.350. The minimum atomic E-state index is -5.22. The number of carbonyl (C=O) groups is 6. The van der Waals surface area contributed by atoms with E-state index in [1.807, 2.05) is 0 Å². The van der Waals surface area contributed by atoms with Gasteiger partial charge in [0.15, 0.2) is 11.5 Å². The highest BCUT2D eigenvalue weighted by Gasteiger charge is 2.50. The normalized spacial score (nSPS) is 29.0. The summed E-state index contributed by atoms with van der Waals surface area (Å²) in [5.41, 5.74) is 2.04. The van der Waals surface area contributed by atoms with Gasteiger partial charge < -0.3 is 101 Å². The Balaban J connectivity index is 0.917. The molecule has 33 heteroatoms. The molecule has 6 aliphatic rings. The molecule has 13 atom stereocenters. The monoisotopic (exact) mass is 1420 g/mol. The van der Waals surface area contributed by atoms with Gasteiger partial charge in [-0.05, 0) is 138 Å². The van der Waals surface area contributed by atoms with Gasteiger partial charge in [-0.25, -0.2) is 0 Å². The van der Waals surface area contributed by atoms with Crippen molar-refractivity contribution in [3.8, 4) is 22.1 Å². The van der Waals surface area contributed by atoms with Gasteiger partial charge in [-0.3, -0.25) is 33.3 Å². The third-order valence-electron chi connectivity index (χ3n) is 19.9. The van der Waals surface area contributed by atoms with Crippen LogP contribution in [0, 0.1) is 17.8 Å². The van der Waals surface area contributed by atoms with Crippen molar-refractivity contribution in [2.45, 2.75) is 201 Å². The second kappa shape index (κ2) is 34.8. The minimum Gasteiger partial charge on any atom is -0.504 e. The Morgan fingerprint density at radius 1 is 0.735 bits per heavy atom. The first-order chi connectivity index (χ1) is 46.8. The molecule has 6 fully saturated rings. The number of phenols is 1. The minimum absolute atomic E-state index is 0.00129. The highest BCUT2D eigenvalue weighted by atomic mass is 32.3. The summed E-state index contributed by atoms with van der Waals surface area (Å²) < 4.78 is 43.5. The lowest BCUT2D eigenvalue weighted by Crippen LogP contribution is -2.64. The number of fused-ring (bicyclic) bond motifs is 2. The molecule has 6 amide bonds. The summed E-state index contributed by atoms with van der Waals surface area (Å²) in [5.74, 6) is -8.33. The summed E-state index contributed by atoms with van der Waals surface area (Å²) in [6.07, 6.45) is -0.530. The molecule has 2 aromatic carbocycles. The van der Waals surface area contributed by atoms with E-state index >= 15 is 0 Å². The van der Waals surface area contributed by atoms with E-state index in [2.05, 4.69) is 75.4 Å². The van der Waals surface area contributed by atoms with Gasteiger partial charge in [-0.1, -0.05) is 43.6 Å². The molecule has 0 spiro atoms. The third kappa shape index (κ3) is 20.0. The molecule has 0 unspecified atom stereocenters. The summed E-state index contributed by atoms with van der Waals surface area (Å²) in [6.45, 7) is 2.94. The number of amides is 6. The number of β-amino-alcohol motifs (C(OH)–C–C–N with tert-alkyl or cyclic N) is 1. The third-order valence-corrected chi connectivity index (χ3v) is 21.4. The lowest BCUT2D eigenvalue weighted by molar-refractivity contribution is -0.147. The number of aromatic hydroxyl groups is 1. The molecule has 98 heavy (non-hydrogen) atoms. The molecule has 2 aliphatic carbocycles. The number of piperidine rings is 1. The first-order valence-corrected chi connectivity index (χ1v) is 36.3. The van der Waals surface area contributed by atoms with E-state index in [1.165, 1.54) is 46.0 Å². The number of aromatic nitrogens is 2. The van der Waals surface area contributed by atoms with Crippen molar-refractivity contribution in [1.29, 1.82) is 0 Å². The number of phenolic OH excluding ortho intramolecular Hbond substituents is 1. The Morgan fingerprint density at radius 2 is 1.41 bits per heavy atom. The quantitative estimate of drug-likeness (QED) is 0.0487. The highest BCUT2D eigenvalue weighted by Crippen LogP contribution is 2.39. The van der Waals surface area contributed by atoms with Gasteiger partial charge in [0.1, 0.15) is 40.2 Å². The fourth-order valence-corrected chi connectivity index (χ4v) is 15.5. The largest absolute Gasteiger partial charge is 0.504 e. The maximum atomic E-state index is 15.0. The zero-order chi connectivity index (χ0) is 70.5.